The summed E-state index contributed by atoms with van der Waals surface area (Å²) in [6.45, 7) is 8.53. The molecule has 2 nitrogen and oxygen atoms in total. The van der Waals surface area contributed by atoms with E-state index in [1.54, 1.807) is 0 Å². The Bertz CT molecular complexity index is 805. The summed E-state index contributed by atoms with van der Waals surface area (Å²) < 4.78 is 0. The molecule has 2 aromatic carbocycles. The number of aryl methyl sites for hydroxylation is 1. The van der Waals surface area contributed by atoms with Crippen molar-refractivity contribution in [3.63, 3.8) is 0 Å². The lowest BCUT2D eigenvalue weighted by atomic mass is 9.85. The number of benzene rings is 2. The topological polar surface area (TPSA) is 37.3 Å². The highest BCUT2D eigenvalue weighted by molar-refractivity contribution is 6.06. The van der Waals surface area contributed by atoms with E-state index in [0.29, 0.717) is 0 Å². The Kier molecular flexibility index (Phi) is 3.21. The Hall–Kier alpha value is -2.35. The van der Waals surface area contributed by atoms with Gasteiger partial charge in [-0.3, -0.25) is 0 Å². The van der Waals surface area contributed by atoms with Crippen molar-refractivity contribution >= 4 is 11.5 Å². The van der Waals surface area contributed by atoms with Gasteiger partial charge in [0.05, 0.1) is 0 Å². The minimum absolute atomic E-state index is 0.0358. The maximum atomic E-state index is 11.3. The molecule has 0 aromatic heterocycles. The van der Waals surface area contributed by atoms with Gasteiger partial charge in [0.2, 0.25) is 0 Å². The first-order valence-corrected chi connectivity index (χ1v) is 7.48. The van der Waals surface area contributed by atoms with Crippen molar-refractivity contribution in [1.82, 2.24) is 0 Å². The van der Waals surface area contributed by atoms with E-state index in [1.807, 2.05) is 6.92 Å². The third kappa shape index (κ3) is 2.35. The van der Waals surface area contributed by atoms with Crippen molar-refractivity contribution in [3.05, 3.63) is 64.7 Å². The molecule has 2 heteroatoms. The van der Waals surface area contributed by atoms with Gasteiger partial charge in [-0.25, -0.2) is 4.79 Å². The minimum atomic E-state index is -0.906. The van der Waals surface area contributed by atoms with Crippen LogP contribution >= 0.6 is 0 Å². The molecule has 1 N–H and O–H groups in total. The van der Waals surface area contributed by atoms with Gasteiger partial charge in [-0.05, 0) is 51.8 Å². The van der Waals surface area contributed by atoms with Gasteiger partial charge in [0.15, 0.2) is 0 Å². The summed E-state index contributed by atoms with van der Waals surface area (Å²) in [5.41, 5.74) is 7.48. The quantitative estimate of drug-likeness (QED) is 0.655. The third-order valence-corrected chi connectivity index (χ3v) is 4.20. The number of aliphatic carboxylic acids is 1. The van der Waals surface area contributed by atoms with Crippen LogP contribution in [0.1, 0.15) is 43.0 Å². The van der Waals surface area contributed by atoms with E-state index >= 15 is 0 Å². The molecule has 0 fully saturated rings. The Morgan fingerprint density at radius 3 is 2.14 bits per heavy atom. The second-order valence-corrected chi connectivity index (χ2v) is 6.96. The van der Waals surface area contributed by atoms with Crippen LogP contribution in [-0.2, 0) is 10.2 Å². The maximum Gasteiger partial charge on any atom is 0.328 e. The van der Waals surface area contributed by atoms with Gasteiger partial charge in [0.1, 0.15) is 0 Å². The number of carboxylic acid groups (broad SMARTS) is 1. The summed E-state index contributed by atoms with van der Waals surface area (Å²) >= 11 is 0. The predicted molar refractivity (Wildman–Crippen MR) is 90.0 cm³/mol. The zero-order valence-corrected chi connectivity index (χ0v) is 13.4. The molecule has 2 aromatic rings. The summed E-state index contributed by atoms with van der Waals surface area (Å²) in [7, 11) is 0. The SMILES string of the molecule is Cc1ccc2c(c1)/C(=C\C(=O)O)c1cc(C(C)(C)C)ccc1-2. The second-order valence-electron chi connectivity index (χ2n) is 6.96. The van der Waals surface area contributed by atoms with E-state index < -0.39 is 5.97 Å². The lowest BCUT2D eigenvalue weighted by Gasteiger charge is -2.20. The first-order valence-electron chi connectivity index (χ1n) is 7.48. The second kappa shape index (κ2) is 4.84. The lowest BCUT2D eigenvalue weighted by Crippen LogP contribution is -2.11. The Morgan fingerprint density at radius 2 is 1.55 bits per heavy atom. The molecule has 0 heterocycles. The van der Waals surface area contributed by atoms with Crippen LogP contribution in [-0.4, -0.2) is 11.1 Å². The smallest absolute Gasteiger partial charge is 0.328 e. The summed E-state index contributed by atoms with van der Waals surface area (Å²) in [5.74, 6) is -0.906. The zero-order valence-electron chi connectivity index (χ0n) is 13.4. The zero-order chi connectivity index (χ0) is 16.1. The number of carbonyl (C=O) groups is 1. The highest BCUT2D eigenvalue weighted by Gasteiger charge is 2.26. The molecule has 0 amide bonds. The summed E-state index contributed by atoms with van der Waals surface area (Å²) in [4.78, 5) is 11.3. The van der Waals surface area contributed by atoms with E-state index in [1.165, 1.54) is 11.6 Å². The van der Waals surface area contributed by atoms with Gasteiger partial charge < -0.3 is 5.11 Å². The van der Waals surface area contributed by atoms with Crippen molar-refractivity contribution in [2.45, 2.75) is 33.1 Å². The Balaban J connectivity index is 2.30. The van der Waals surface area contributed by atoms with Gasteiger partial charge >= 0.3 is 5.97 Å². The van der Waals surface area contributed by atoms with Crippen LogP contribution in [0.15, 0.2) is 42.5 Å². The number of carboxylic acids is 1. The van der Waals surface area contributed by atoms with Gasteiger partial charge in [0.25, 0.3) is 0 Å². The van der Waals surface area contributed by atoms with Crippen LogP contribution in [0.5, 0.6) is 0 Å². The Morgan fingerprint density at radius 1 is 0.955 bits per heavy atom. The number of hydrogen-bond acceptors (Lipinski definition) is 1. The normalized spacial score (nSPS) is 14.8. The van der Waals surface area contributed by atoms with Gasteiger partial charge in [-0.15, -0.1) is 0 Å². The molecule has 0 unspecified atom stereocenters. The van der Waals surface area contributed by atoms with Crippen molar-refractivity contribution in [1.29, 1.82) is 0 Å². The molecule has 0 bridgehead atoms. The fraction of sp³-hybridized carbons (Fsp3) is 0.250. The standard InChI is InChI=1S/C20H20O2/c1-12-5-7-14-15-8-6-13(20(2,3)4)10-17(15)18(11-19(21)22)16(14)9-12/h5-11H,1-4H3,(H,21,22)/b18-11+. The van der Waals surface area contributed by atoms with Gasteiger partial charge in [-0.1, -0.05) is 56.7 Å². The largest absolute Gasteiger partial charge is 0.478 e. The van der Waals surface area contributed by atoms with Crippen LogP contribution in [0.2, 0.25) is 0 Å². The monoisotopic (exact) mass is 292 g/mol. The first-order chi connectivity index (χ1) is 10.3. The Labute approximate surface area is 131 Å². The molecule has 0 radical (unpaired) electrons. The molecule has 0 spiro atoms. The molecule has 112 valence electrons. The molecule has 0 saturated carbocycles. The highest BCUT2D eigenvalue weighted by atomic mass is 16.4. The fourth-order valence-corrected chi connectivity index (χ4v) is 3.01. The molecule has 3 rings (SSSR count). The first kappa shape index (κ1) is 14.6. The average molecular weight is 292 g/mol. The fourth-order valence-electron chi connectivity index (χ4n) is 3.01. The molecule has 0 aliphatic heterocycles. The average Bonchev–Trinajstić information content (AvgIpc) is 2.71. The molecular formula is C20H20O2. The van der Waals surface area contributed by atoms with E-state index in [-0.39, 0.29) is 5.41 Å². The number of fused-ring (bicyclic) bond motifs is 3. The van der Waals surface area contributed by atoms with Crippen molar-refractivity contribution in [2.75, 3.05) is 0 Å². The molecule has 0 saturated heterocycles. The van der Waals surface area contributed by atoms with Crippen LogP contribution in [0.25, 0.3) is 16.7 Å². The van der Waals surface area contributed by atoms with Gasteiger partial charge in [-0.2, -0.15) is 0 Å². The van der Waals surface area contributed by atoms with E-state index in [4.69, 9.17) is 0 Å². The highest BCUT2D eigenvalue weighted by Crippen LogP contribution is 2.45. The molecule has 1 aliphatic rings. The summed E-state index contributed by atoms with van der Waals surface area (Å²) in [5, 5.41) is 9.25. The maximum absolute atomic E-state index is 11.3. The number of rotatable bonds is 1. The molecule has 0 atom stereocenters. The van der Waals surface area contributed by atoms with Crippen molar-refractivity contribution in [2.24, 2.45) is 0 Å². The van der Waals surface area contributed by atoms with Crippen LogP contribution in [0, 0.1) is 6.92 Å². The van der Waals surface area contributed by atoms with Crippen molar-refractivity contribution in [3.8, 4) is 11.1 Å². The molecular weight excluding hydrogens is 272 g/mol. The summed E-state index contributed by atoms with van der Waals surface area (Å²) in [6.07, 6.45) is 1.33. The van der Waals surface area contributed by atoms with E-state index in [9.17, 15) is 9.90 Å². The van der Waals surface area contributed by atoms with E-state index in [2.05, 4.69) is 57.2 Å². The van der Waals surface area contributed by atoms with E-state index in [0.717, 1.165) is 33.4 Å². The van der Waals surface area contributed by atoms with Gasteiger partial charge in [0, 0.05) is 6.08 Å². The van der Waals surface area contributed by atoms with Crippen LogP contribution in [0.4, 0.5) is 0 Å². The van der Waals surface area contributed by atoms with Crippen LogP contribution in [0.3, 0.4) is 0 Å². The van der Waals surface area contributed by atoms with Crippen LogP contribution < -0.4 is 0 Å². The van der Waals surface area contributed by atoms with Crippen molar-refractivity contribution < 1.29 is 9.90 Å². The molecule has 22 heavy (non-hydrogen) atoms. The predicted octanol–water partition coefficient (Wildman–Crippen LogP) is 4.79. The lowest BCUT2D eigenvalue weighted by molar-refractivity contribution is -0.131. The number of hydrogen-bond donors (Lipinski definition) is 1. The third-order valence-electron chi connectivity index (χ3n) is 4.20. The summed E-state index contributed by atoms with van der Waals surface area (Å²) in [6, 6.07) is 12.6. The molecule has 1 aliphatic carbocycles. The minimum Gasteiger partial charge on any atom is -0.478 e.